The summed E-state index contributed by atoms with van der Waals surface area (Å²) < 4.78 is 5.09. The number of ketones is 1. The first-order chi connectivity index (χ1) is 15.4. The molecule has 0 saturated carbocycles. The molecular weight excluding hydrogens is 430 g/mol. The molecule has 5 rings (SSSR count). The number of anilines is 2. The lowest BCUT2D eigenvalue weighted by Gasteiger charge is -2.44. The molecule has 2 heterocycles. The predicted octanol–water partition coefficient (Wildman–Crippen LogP) is 3.40. The quantitative estimate of drug-likeness (QED) is 0.681. The Balaban J connectivity index is 1.93. The fourth-order valence-corrected chi connectivity index (χ4v) is 5.29. The van der Waals surface area contributed by atoms with Gasteiger partial charge in [-0.15, -0.1) is 0 Å². The number of rotatable bonds is 2. The number of esters is 1. The number of para-hydroxylation sites is 2. The fourth-order valence-electron chi connectivity index (χ4n) is 5.07. The minimum absolute atomic E-state index is 0.0188. The maximum absolute atomic E-state index is 13.7. The second-order valence-corrected chi connectivity index (χ2v) is 8.29. The van der Waals surface area contributed by atoms with Gasteiger partial charge in [-0.3, -0.25) is 14.5 Å². The molecule has 0 fully saturated rings. The maximum atomic E-state index is 13.7. The van der Waals surface area contributed by atoms with Gasteiger partial charge in [0, 0.05) is 28.9 Å². The molecule has 1 aliphatic carbocycles. The summed E-state index contributed by atoms with van der Waals surface area (Å²) >= 11 is 6.49. The van der Waals surface area contributed by atoms with Crippen molar-refractivity contribution in [3.05, 3.63) is 81.8 Å². The van der Waals surface area contributed by atoms with Crippen LogP contribution in [0, 0.1) is 0 Å². The van der Waals surface area contributed by atoms with E-state index in [1.807, 2.05) is 0 Å². The van der Waals surface area contributed by atoms with Gasteiger partial charge in [0.15, 0.2) is 5.78 Å². The van der Waals surface area contributed by atoms with Gasteiger partial charge in [-0.05, 0) is 31.0 Å². The number of Topliss-reactive ketones (excluding diaryl/α,β-unsaturated/α-hetero) is 1. The van der Waals surface area contributed by atoms with E-state index in [2.05, 4.69) is 5.32 Å². The lowest BCUT2D eigenvalue weighted by molar-refractivity contribution is -0.138. The minimum atomic E-state index is -1.68. The van der Waals surface area contributed by atoms with Crippen molar-refractivity contribution >= 4 is 40.6 Å². The maximum Gasteiger partial charge on any atom is 0.339 e. The van der Waals surface area contributed by atoms with Crippen molar-refractivity contribution in [3.63, 3.8) is 0 Å². The van der Waals surface area contributed by atoms with Crippen molar-refractivity contribution in [2.24, 2.45) is 5.73 Å². The number of hydrogen-bond acceptors (Lipinski definition) is 6. The van der Waals surface area contributed by atoms with Crippen molar-refractivity contribution in [1.82, 2.24) is 0 Å². The van der Waals surface area contributed by atoms with Crippen molar-refractivity contribution in [1.29, 1.82) is 0 Å². The lowest BCUT2D eigenvalue weighted by Crippen LogP contribution is -2.53. The van der Waals surface area contributed by atoms with E-state index < -0.39 is 17.3 Å². The second-order valence-electron chi connectivity index (χ2n) is 7.89. The van der Waals surface area contributed by atoms with E-state index in [4.69, 9.17) is 22.1 Å². The van der Waals surface area contributed by atoms with Gasteiger partial charge in [0.05, 0.1) is 17.8 Å². The number of methoxy groups -OCH3 is 1. The Bertz CT molecular complexity index is 1270. The number of allylic oxidation sites excluding steroid dienone is 1. The highest BCUT2D eigenvalue weighted by Crippen LogP contribution is 2.55. The Morgan fingerprint density at radius 2 is 1.84 bits per heavy atom. The van der Waals surface area contributed by atoms with E-state index in [-0.39, 0.29) is 29.2 Å². The Kier molecular flexibility index (Phi) is 4.60. The summed E-state index contributed by atoms with van der Waals surface area (Å²) in [6, 6.07) is 14.0. The van der Waals surface area contributed by atoms with Crippen LogP contribution in [-0.4, -0.2) is 24.8 Å². The molecule has 8 heteroatoms. The summed E-state index contributed by atoms with van der Waals surface area (Å²) in [5, 5.41) is 3.24. The van der Waals surface area contributed by atoms with E-state index in [0.717, 1.165) is 0 Å². The Morgan fingerprint density at radius 3 is 2.59 bits per heavy atom. The summed E-state index contributed by atoms with van der Waals surface area (Å²) in [4.78, 5) is 41.9. The first-order valence-corrected chi connectivity index (χ1v) is 10.6. The number of halogens is 1. The van der Waals surface area contributed by atoms with Crippen molar-refractivity contribution in [2.45, 2.75) is 24.7 Å². The summed E-state index contributed by atoms with van der Waals surface area (Å²) in [6.45, 7) is 0. The molecule has 0 saturated heterocycles. The number of carbonyl (C=O) groups excluding carboxylic acids is 3. The van der Waals surface area contributed by atoms with Crippen molar-refractivity contribution in [2.75, 3.05) is 17.3 Å². The topological polar surface area (TPSA) is 102 Å². The standard InChI is InChI=1S/C24H20ClN3O4/c1-32-22(30)20-21(26)28(16-10-5-3-8-14(16)25)17-11-6-12-18(29)19(17)24(20)13-7-2-4-9-15(13)27-23(24)31/h2-5,7-10H,6,11-12,26H2,1H3,(H,27,31). The fraction of sp³-hybridized carbons (Fsp3) is 0.208. The molecule has 3 N–H and O–H groups in total. The molecule has 2 aromatic rings. The van der Waals surface area contributed by atoms with Crippen LogP contribution in [0.4, 0.5) is 11.4 Å². The zero-order chi connectivity index (χ0) is 22.6. The first-order valence-electron chi connectivity index (χ1n) is 10.2. The average molecular weight is 450 g/mol. The van der Waals surface area contributed by atoms with Crippen LogP contribution >= 0.6 is 11.6 Å². The summed E-state index contributed by atoms with van der Waals surface area (Å²) in [5.41, 5.74) is 7.27. The van der Waals surface area contributed by atoms with Gasteiger partial charge in [-0.25, -0.2) is 4.79 Å². The number of nitrogens with one attached hydrogen (secondary N) is 1. The van der Waals surface area contributed by atoms with Crippen LogP contribution in [-0.2, 0) is 24.5 Å². The van der Waals surface area contributed by atoms with E-state index in [1.54, 1.807) is 53.4 Å². The zero-order valence-electron chi connectivity index (χ0n) is 17.3. The van der Waals surface area contributed by atoms with Crippen LogP contribution in [0.15, 0.2) is 71.2 Å². The SMILES string of the molecule is COC(=O)C1=C(N)N(c2ccccc2Cl)C2=C(C(=O)CCC2)C12C(=O)Nc1ccccc12. The molecule has 1 unspecified atom stereocenters. The third-order valence-electron chi connectivity index (χ3n) is 6.30. The summed E-state index contributed by atoms with van der Waals surface area (Å²) in [5.74, 6) is -1.46. The average Bonchev–Trinajstić information content (AvgIpc) is 3.07. The van der Waals surface area contributed by atoms with Crippen LogP contribution in [0.1, 0.15) is 24.8 Å². The highest BCUT2D eigenvalue weighted by molar-refractivity contribution is 6.33. The molecular formula is C24H20ClN3O4. The molecule has 1 spiro atoms. The van der Waals surface area contributed by atoms with Crippen LogP contribution in [0.5, 0.6) is 0 Å². The molecule has 0 radical (unpaired) electrons. The highest BCUT2D eigenvalue weighted by atomic mass is 35.5. The molecule has 162 valence electrons. The summed E-state index contributed by atoms with van der Waals surface area (Å²) in [7, 11) is 1.22. The number of hydrogen-bond donors (Lipinski definition) is 2. The molecule has 0 bridgehead atoms. The van der Waals surface area contributed by atoms with Gasteiger partial charge in [0.1, 0.15) is 16.8 Å². The highest BCUT2D eigenvalue weighted by Gasteiger charge is 2.61. The number of nitrogens with two attached hydrogens (primary N) is 1. The number of ether oxygens (including phenoxy) is 1. The van der Waals surface area contributed by atoms with Crippen LogP contribution in [0.3, 0.4) is 0 Å². The van der Waals surface area contributed by atoms with Crippen molar-refractivity contribution < 1.29 is 19.1 Å². The number of amides is 1. The molecule has 32 heavy (non-hydrogen) atoms. The van der Waals surface area contributed by atoms with Gasteiger partial charge >= 0.3 is 5.97 Å². The molecule has 0 aromatic heterocycles. The van der Waals surface area contributed by atoms with Gasteiger partial charge < -0.3 is 15.8 Å². The Labute approximate surface area is 189 Å². The molecule has 2 aromatic carbocycles. The normalized spacial score (nSPS) is 22.1. The van der Waals surface area contributed by atoms with Gasteiger partial charge in [0.2, 0.25) is 5.91 Å². The summed E-state index contributed by atoms with van der Waals surface area (Å²) in [6.07, 6.45) is 1.36. The van der Waals surface area contributed by atoms with E-state index in [0.29, 0.717) is 40.5 Å². The van der Waals surface area contributed by atoms with Crippen LogP contribution in [0.25, 0.3) is 0 Å². The predicted molar refractivity (Wildman–Crippen MR) is 120 cm³/mol. The van der Waals surface area contributed by atoms with Crippen LogP contribution < -0.4 is 16.0 Å². The monoisotopic (exact) mass is 449 g/mol. The van der Waals surface area contributed by atoms with Crippen LogP contribution in [0.2, 0.25) is 5.02 Å². The molecule has 1 amide bonds. The van der Waals surface area contributed by atoms with Gasteiger partial charge in [-0.1, -0.05) is 41.9 Å². The molecule has 7 nitrogen and oxygen atoms in total. The minimum Gasteiger partial charge on any atom is -0.466 e. The van der Waals surface area contributed by atoms with Gasteiger partial charge in [-0.2, -0.15) is 0 Å². The van der Waals surface area contributed by atoms with Crippen molar-refractivity contribution in [3.8, 4) is 0 Å². The smallest absolute Gasteiger partial charge is 0.339 e. The number of carbonyl (C=O) groups is 3. The molecule has 3 aliphatic rings. The first kappa shape index (κ1) is 20.3. The van der Waals surface area contributed by atoms with Gasteiger partial charge in [0.25, 0.3) is 0 Å². The number of nitrogens with zero attached hydrogens (tertiary/aromatic N) is 1. The number of benzene rings is 2. The van der Waals surface area contributed by atoms with E-state index >= 15 is 0 Å². The number of fused-ring (bicyclic) bond motifs is 3. The third-order valence-corrected chi connectivity index (χ3v) is 6.62. The zero-order valence-corrected chi connectivity index (χ0v) is 18.0. The van der Waals surface area contributed by atoms with E-state index in [1.165, 1.54) is 7.11 Å². The Morgan fingerprint density at radius 1 is 1.12 bits per heavy atom. The largest absolute Gasteiger partial charge is 0.466 e. The van der Waals surface area contributed by atoms with E-state index in [9.17, 15) is 14.4 Å². The third kappa shape index (κ3) is 2.51. The second kappa shape index (κ2) is 7.24. The lowest BCUT2D eigenvalue weighted by atomic mass is 9.63. The molecule has 2 aliphatic heterocycles. The molecule has 1 atom stereocenters. The Hall–Kier alpha value is -3.58.